The van der Waals surface area contributed by atoms with Gasteiger partial charge in [-0.1, -0.05) is 17.7 Å². The van der Waals surface area contributed by atoms with Gasteiger partial charge >= 0.3 is 0 Å². The first-order valence-corrected chi connectivity index (χ1v) is 5.74. The van der Waals surface area contributed by atoms with Crippen LogP contribution in [-0.4, -0.2) is 10.8 Å². The van der Waals surface area contributed by atoms with Gasteiger partial charge in [-0.15, -0.1) is 0 Å². The van der Waals surface area contributed by atoms with E-state index in [-0.39, 0.29) is 0 Å². The number of carbonyl (C=O) groups is 1. The van der Waals surface area contributed by atoms with Crippen LogP contribution in [0.25, 0.3) is 0 Å². The summed E-state index contributed by atoms with van der Waals surface area (Å²) in [4.78, 5) is 15.3. The van der Waals surface area contributed by atoms with Crippen molar-refractivity contribution in [3.63, 3.8) is 0 Å². The molecule has 1 fully saturated rings. The second kappa shape index (κ2) is 4.75. The van der Waals surface area contributed by atoms with Crippen LogP contribution in [0.1, 0.15) is 31.2 Å². The molecule has 0 aliphatic heterocycles. The normalized spacial score (nSPS) is 21.7. The summed E-state index contributed by atoms with van der Waals surface area (Å²) in [6.07, 6.45) is 6.48. The molecule has 1 aromatic rings. The van der Waals surface area contributed by atoms with Gasteiger partial charge in [0, 0.05) is 19.0 Å². The van der Waals surface area contributed by atoms with Crippen molar-refractivity contribution in [2.24, 2.45) is 5.92 Å². The second-order valence-electron chi connectivity index (χ2n) is 4.19. The average molecular weight is 224 g/mol. The smallest absolute Gasteiger partial charge is 0.133 e. The van der Waals surface area contributed by atoms with Crippen LogP contribution in [-0.2, 0) is 11.2 Å². The quantitative estimate of drug-likeness (QED) is 0.722. The molecule has 2 rings (SSSR count). The molecule has 3 heteroatoms. The van der Waals surface area contributed by atoms with E-state index in [9.17, 15) is 4.79 Å². The first-order valence-electron chi connectivity index (χ1n) is 5.36. The minimum atomic E-state index is 0.410. The number of ketones is 1. The van der Waals surface area contributed by atoms with Crippen molar-refractivity contribution in [2.45, 2.75) is 32.1 Å². The summed E-state index contributed by atoms with van der Waals surface area (Å²) < 4.78 is 0. The largest absolute Gasteiger partial charge is 0.300 e. The van der Waals surface area contributed by atoms with E-state index in [1.165, 1.54) is 5.56 Å². The molecular formula is C12H14ClNO. The zero-order valence-electron chi connectivity index (χ0n) is 8.58. The third kappa shape index (κ3) is 3.03. The average Bonchev–Trinajstić information content (AvgIpc) is 2.22. The molecule has 1 aromatic heterocycles. The van der Waals surface area contributed by atoms with Gasteiger partial charge in [0.1, 0.15) is 10.9 Å². The number of rotatable bonds is 2. The summed E-state index contributed by atoms with van der Waals surface area (Å²) in [7, 11) is 0. The van der Waals surface area contributed by atoms with E-state index < -0.39 is 0 Å². The van der Waals surface area contributed by atoms with Crippen molar-refractivity contribution in [3.8, 4) is 0 Å². The maximum absolute atomic E-state index is 11.3. The number of Topliss-reactive ketones (excluding diaryl/α,β-unsaturated/α-hetero) is 1. The van der Waals surface area contributed by atoms with Crippen LogP contribution in [0, 0.1) is 5.92 Å². The Morgan fingerprint density at radius 1 is 1.47 bits per heavy atom. The Morgan fingerprint density at radius 3 is 3.00 bits per heavy atom. The molecule has 0 aromatic carbocycles. The van der Waals surface area contributed by atoms with Gasteiger partial charge in [-0.05, 0) is 36.8 Å². The highest BCUT2D eigenvalue weighted by Gasteiger charge is 2.19. The number of carbonyl (C=O) groups excluding carboxylic acids is 1. The standard InChI is InChI=1S/C12H14ClNO/c13-12-5-4-10(8-14-12)6-9-2-1-3-11(15)7-9/h4-5,8-9H,1-3,6-7H2/t9-/m0/s1. The topological polar surface area (TPSA) is 30.0 Å². The van der Waals surface area contributed by atoms with Crippen molar-refractivity contribution in [3.05, 3.63) is 29.0 Å². The molecule has 0 amide bonds. The van der Waals surface area contributed by atoms with Crippen molar-refractivity contribution in [1.29, 1.82) is 0 Å². The molecule has 1 aliphatic carbocycles. The molecule has 1 aliphatic rings. The van der Waals surface area contributed by atoms with Crippen LogP contribution < -0.4 is 0 Å². The highest BCUT2D eigenvalue weighted by Crippen LogP contribution is 2.24. The van der Waals surface area contributed by atoms with Gasteiger partial charge in [-0.3, -0.25) is 4.79 Å². The summed E-state index contributed by atoms with van der Waals surface area (Å²) in [5.41, 5.74) is 1.18. The van der Waals surface area contributed by atoms with Crippen LogP contribution >= 0.6 is 11.6 Å². The Labute approximate surface area is 94.7 Å². The number of hydrogen-bond acceptors (Lipinski definition) is 2. The van der Waals surface area contributed by atoms with Gasteiger partial charge in [0.05, 0.1) is 0 Å². The van der Waals surface area contributed by atoms with Gasteiger partial charge in [-0.2, -0.15) is 0 Å². The molecule has 0 bridgehead atoms. The second-order valence-corrected chi connectivity index (χ2v) is 4.58. The van der Waals surface area contributed by atoms with E-state index in [0.29, 0.717) is 16.9 Å². The van der Waals surface area contributed by atoms with Crippen LogP contribution in [0.4, 0.5) is 0 Å². The highest BCUT2D eigenvalue weighted by molar-refractivity contribution is 6.29. The Morgan fingerprint density at radius 2 is 2.33 bits per heavy atom. The summed E-state index contributed by atoms with van der Waals surface area (Å²) in [5.74, 6) is 0.919. The van der Waals surface area contributed by atoms with E-state index in [1.807, 2.05) is 12.1 Å². The lowest BCUT2D eigenvalue weighted by atomic mass is 9.84. The molecule has 0 saturated heterocycles. The predicted molar refractivity (Wildman–Crippen MR) is 59.9 cm³/mol. The lowest BCUT2D eigenvalue weighted by molar-refractivity contribution is -0.121. The Balaban J connectivity index is 1.96. The zero-order valence-corrected chi connectivity index (χ0v) is 9.33. The Bertz CT molecular complexity index is 347. The molecule has 1 atom stereocenters. The maximum atomic E-state index is 11.3. The molecule has 80 valence electrons. The first-order chi connectivity index (χ1) is 7.24. The molecule has 0 spiro atoms. The molecule has 1 heterocycles. The minimum absolute atomic E-state index is 0.410. The molecule has 0 N–H and O–H groups in total. The molecule has 15 heavy (non-hydrogen) atoms. The van der Waals surface area contributed by atoms with Crippen LogP contribution in [0.15, 0.2) is 18.3 Å². The summed E-state index contributed by atoms with van der Waals surface area (Å²) in [6, 6.07) is 3.80. The first kappa shape index (κ1) is 10.6. The van der Waals surface area contributed by atoms with Gasteiger partial charge in [0.15, 0.2) is 0 Å². The minimum Gasteiger partial charge on any atom is -0.300 e. The van der Waals surface area contributed by atoms with E-state index in [0.717, 1.165) is 32.1 Å². The molecule has 1 saturated carbocycles. The predicted octanol–water partition coefficient (Wildman–Crippen LogP) is 3.04. The number of pyridine rings is 1. The molecule has 2 nitrogen and oxygen atoms in total. The fraction of sp³-hybridized carbons (Fsp3) is 0.500. The van der Waals surface area contributed by atoms with Crippen LogP contribution in [0.5, 0.6) is 0 Å². The fourth-order valence-electron chi connectivity index (χ4n) is 2.15. The summed E-state index contributed by atoms with van der Waals surface area (Å²) >= 11 is 5.71. The van der Waals surface area contributed by atoms with Crippen molar-refractivity contribution >= 4 is 17.4 Å². The number of aromatic nitrogens is 1. The van der Waals surface area contributed by atoms with E-state index in [4.69, 9.17) is 11.6 Å². The molecular weight excluding hydrogens is 210 g/mol. The summed E-state index contributed by atoms with van der Waals surface area (Å²) in [5, 5.41) is 0.526. The van der Waals surface area contributed by atoms with Gasteiger partial charge in [0.25, 0.3) is 0 Å². The zero-order chi connectivity index (χ0) is 10.7. The van der Waals surface area contributed by atoms with Gasteiger partial charge in [0.2, 0.25) is 0 Å². The lowest BCUT2D eigenvalue weighted by Crippen LogP contribution is -2.16. The Kier molecular flexibility index (Phi) is 3.37. The van der Waals surface area contributed by atoms with Crippen molar-refractivity contribution in [2.75, 3.05) is 0 Å². The number of hydrogen-bond donors (Lipinski definition) is 0. The highest BCUT2D eigenvalue weighted by atomic mass is 35.5. The third-order valence-corrected chi connectivity index (χ3v) is 3.12. The maximum Gasteiger partial charge on any atom is 0.133 e. The molecule has 0 radical (unpaired) electrons. The van der Waals surface area contributed by atoms with Crippen molar-refractivity contribution < 1.29 is 4.79 Å². The monoisotopic (exact) mass is 223 g/mol. The van der Waals surface area contributed by atoms with E-state index >= 15 is 0 Å². The fourth-order valence-corrected chi connectivity index (χ4v) is 2.26. The van der Waals surface area contributed by atoms with Crippen LogP contribution in [0.2, 0.25) is 5.15 Å². The summed E-state index contributed by atoms with van der Waals surface area (Å²) in [6.45, 7) is 0. The van der Waals surface area contributed by atoms with Gasteiger partial charge < -0.3 is 0 Å². The molecule has 0 unspecified atom stereocenters. The van der Waals surface area contributed by atoms with E-state index in [1.54, 1.807) is 6.20 Å². The Hall–Kier alpha value is -0.890. The van der Waals surface area contributed by atoms with Crippen molar-refractivity contribution in [1.82, 2.24) is 4.98 Å². The number of nitrogens with zero attached hydrogens (tertiary/aromatic N) is 1. The third-order valence-electron chi connectivity index (χ3n) is 2.90. The number of halogens is 1. The van der Waals surface area contributed by atoms with Gasteiger partial charge in [-0.25, -0.2) is 4.98 Å². The lowest BCUT2D eigenvalue weighted by Gasteiger charge is -2.20. The SMILES string of the molecule is O=C1CCC[C@@H](Cc2ccc(Cl)nc2)C1. The van der Waals surface area contributed by atoms with E-state index in [2.05, 4.69) is 4.98 Å². The van der Waals surface area contributed by atoms with Crippen LogP contribution in [0.3, 0.4) is 0 Å².